The van der Waals surface area contributed by atoms with Gasteiger partial charge in [0.1, 0.15) is 18.2 Å². The number of nitrogens with one attached hydrogen (secondary N) is 1. The van der Waals surface area contributed by atoms with Crippen molar-refractivity contribution in [3.05, 3.63) is 34.6 Å². The zero-order chi connectivity index (χ0) is 17.8. The van der Waals surface area contributed by atoms with Crippen LogP contribution in [-0.2, 0) is 17.8 Å². The number of ether oxygens (including phenoxy) is 1. The van der Waals surface area contributed by atoms with Crippen LogP contribution in [0, 0.1) is 13.8 Å². The molecule has 2 aromatic heterocycles. The number of rotatable bonds is 8. The lowest BCUT2D eigenvalue weighted by molar-refractivity contribution is 0.177. The minimum Gasteiger partial charge on any atom is -0.377 e. The zero-order valence-corrected chi connectivity index (χ0v) is 15.2. The highest BCUT2D eigenvalue weighted by Gasteiger charge is 2.29. The highest BCUT2D eigenvalue weighted by molar-refractivity contribution is 5.38. The highest BCUT2D eigenvalue weighted by atomic mass is 16.5. The van der Waals surface area contributed by atoms with Crippen LogP contribution in [0.3, 0.4) is 0 Å². The van der Waals surface area contributed by atoms with E-state index < -0.39 is 0 Å². The van der Waals surface area contributed by atoms with Crippen molar-refractivity contribution >= 4 is 5.82 Å². The quantitative estimate of drug-likeness (QED) is 0.709. The molecule has 0 unspecified atom stereocenters. The predicted octanol–water partition coefficient (Wildman–Crippen LogP) is 2.48. The van der Waals surface area contributed by atoms with E-state index in [0.29, 0.717) is 24.4 Å². The van der Waals surface area contributed by atoms with Crippen LogP contribution >= 0.6 is 0 Å². The summed E-state index contributed by atoms with van der Waals surface area (Å²) in [6.45, 7) is 5.19. The molecule has 1 aliphatic carbocycles. The Morgan fingerprint density at radius 3 is 2.76 bits per heavy atom. The Balaban J connectivity index is 1.59. The molecule has 7 heteroatoms. The summed E-state index contributed by atoms with van der Waals surface area (Å²) < 4.78 is 10.4. The van der Waals surface area contributed by atoms with E-state index in [-0.39, 0.29) is 0 Å². The Hall–Kier alpha value is -1.99. The summed E-state index contributed by atoms with van der Waals surface area (Å²) in [5.74, 6) is 2.92. The molecule has 0 bridgehead atoms. The molecule has 2 heterocycles. The number of aryl methyl sites for hydroxylation is 2. The van der Waals surface area contributed by atoms with E-state index in [2.05, 4.69) is 20.4 Å². The molecule has 0 saturated heterocycles. The smallest absolute Gasteiger partial charge is 0.156 e. The van der Waals surface area contributed by atoms with Gasteiger partial charge in [0.05, 0.1) is 5.69 Å². The van der Waals surface area contributed by atoms with Crippen LogP contribution in [0.25, 0.3) is 0 Å². The van der Waals surface area contributed by atoms with Crippen molar-refractivity contribution in [3.63, 3.8) is 0 Å². The first-order valence-electron chi connectivity index (χ1n) is 8.84. The maximum absolute atomic E-state index is 5.91. The summed E-state index contributed by atoms with van der Waals surface area (Å²) in [6.07, 6.45) is 3.91. The van der Waals surface area contributed by atoms with Crippen molar-refractivity contribution in [1.82, 2.24) is 15.1 Å². The molecule has 2 aromatic rings. The molecule has 3 N–H and O–H groups in total. The maximum atomic E-state index is 5.91. The minimum absolute atomic E-state index is 0.303. The third-order valence-corrected chi connectivity index (χ3v) is 4.75. The lowest BCUT2D eigenvalue weighted by Crippen LogP contribution is -2.35. The number of nitrogens with two attached hydrogens (primary N) is 1. The number of aromatic nitrogens is 3. The molecular weight excluding hydrogens is 318 g/mol. The highest BCUT2D eigenvalue weighted by Crippen LogP contribution is 2.35. The average Bonchev–Trinajstić information content (AvgIpc) is 2.87. The summed E-state index contributed by atoms with van der Waals surface area (Å²) in [5, 5.41) is 7.41. The lowest BCUT2D eigenvalue weighted by Gasteiger charge is -2.32. The summed E-state index contributed by atoms with van der Waals surface area (Å²) >= 11 is 0. The molecule has 7 nitrogen and oxygen atoms in total. The van der Waals surface area contributed by atoms with E-state index >= 15 is 0 Å². The van der Waals surface area contributed by atoms with E-state index in [1.807, 2.05) is 19.9 Å². The molecule has 0 aromatic carbocycles. The maximum Gasteiger partial charge on any atom is 0.156 e. The third kappa shape index (κ3) is 4.35. The second kappa shape index (κ2) is 7.93. The van der Waals surface area contributed by atoms with Crippen molar-refractivity contribution in [2.45, 2.75) is 58.1 Å². The average molecular weight is 345 g/mol. The van der Waals surface area contributed by atoms with E-state index in [1.54, 1.807) is 7.11 Å². The number of nitrogens with zero attached hydrogens (tertiary/aromatic N) is 3. The molecule has 1 fully saturated rings. The summed E-state index contributed by atoms with van der Waals surface area (Å²) in [6, 6.07) is 2.35. The normalized spacial score (nSPS) is 19.7. The number of methoxy groups -OCH3 is 1. The summed E-state index contributed by atoms with van der Waals surface area (Å²) in [7, 11) is 1.66. The molecule has 0 aliphatic heterocycles. The first kappa shape index (κ1) is 17.8. The topological polar surface area (TPSA) is 99.1 Å². The second-order valence-corrected chi connectivity index (χ2v) is 6.79. The third-order valence-electron chi connectivity index (χ3n) is 4.75. The van der Waals surface area contributed by atoms with Crippen LogP contribution in [0.15, 0.2) is 10.6 Å². The second-order valence-electron chi connectivity index (χ2n) is 6.79. The Labute approximate surface area is 148 Å². The number of hydrogen-bond donors (Lipinski definition) is 2. The van der Waals surface area contributed by atoms with Gasteiger partial charge in [-0.3, -0.25) is 0 Å². The predicted molar refractivity (Wildman–Crippen MR) is 95.5 cm³/mol. The first-order chi connectivity index (χ1) is 12.1. The van der Waals surface area contributed by atoms with Crippen molar-refractivity contribution in [1.29, 1.82) is 0 Å². The van der Waals surface area contributed by atoms with Crippen LogP contribution in [0.2, 0.25) is 0 Å². The van der Waals surface area contributed by atoms with Gasteiger partial charge in [-0.05, 0) is 39.5 Å². The molecule has 1 saturated carbocycles. The van der Waals surface area contributed by atoms with Gasteiger partial charge in [0.15, 0.2) is 5.82 Å². The van der Waals surface area contributed by atoms with E-state index in [9.17, 15) is 0 Å². The lowest BCUT2D eigenvalue weighted by atomic mass is 9.78. The van der Waals surface area contributed by atoms with E-state index in [4.69, 9.17) is 15.0 Å². The van der Waals surface area contributed by atoms with Gasteiger partial charge in [0, 0.05) is 42.9 Å². The van der Waals surface area contributed by atoms with Crippen LogP contribution in [0.5, 0.6) is 0 Å². The van der Waals surface area contributed by atoms with Gasteiger partial charge in [0.25, 0.3) is 0 Å². The van der Waals surface area contributed by atoms with Crippen LogP contribution < -0.4 is 11.1 Å². The molecule has 3 rings (SSSR count). The van der Waals surface area contributed by atoms with Gasteiger partial charge >= 0.3 is 0 Å². The van der Waals surface area contributed by atoms with E-state index in [1.165, 1.54) is 5.56 Å². The molecule has 0 radical (unpaired) electrons. The van der Waals surface area contributed by atoms with Gasteiger partial charge in [-0.2, -0.15) is 0 Å². The fraction of sp³-hybridized carbons (Fsp3) is 0.611. The minimum atomic E-state index is 0.303. The molecule has 136 valence electrons. The van der Waals surface area contributed by atoms with Crippen molar-refractivity contribution < 1.29 is 9.26 Å². The summed E-state index contributed by atoms with van der Waals surface area (Å²) in [4.78, 5) is 9.16. The SMILES string of the molecule is COCc1nc(NCCCc2c(C)noc2C)cc(C2CC(N)C2)n1. The van der Waals surface area contributed by atoms with Crippen LogP contribution in [0.1, 0.15) is 53.7 Å². The van der Waals surface area contributed by atoms with Crippen molar-refractivity contribution in [3.8, 4) is 0 Å². The Kier molecular flexibility index (Phi) is 5.65. The first-order valence-corrected chi connectivity index (χ1v) is 8.84. The van der Waals surface area contributed by atoms with Crippen molar-refractivity contribution in [2.75, 3.05) is 19.0 Å². The zero-order valence-electron chi connectivity index (χ0n) is 15.2. The van der Waals surface area contributed by atoms with Crippen LogP contribution in [-0.4, -0.2) is 34.8 Å². The van der Waals surface area contributed by atoms with Gasteiger partial charge in [-0.15, -0.1) is 0 Å². The van der Waals surface area contributed by atoms with Gasteiger partial charge in [0.2, 0.25) is 0 Å². The Morgan fingerprint density at radius 1 is 1.32 bits per heavy atom. The van der Waals surface area contributed by atoms with E-state index in [0.717, 1.165) is 55.2 Å². The Morgan fingerprint density at radius 2 is 2.12 bits per heavy atom. The van der Waals surface area contributed by atoms with Crippen LogP contribution in [0.4, 0.5) is 5.82 Å². The fourth-order valence-electron chi connectivity index (χ4n) is 3.25. The standard InChI is InChI=1S/C18H27N5O2/c1-11-15(12(2)25-23-11)5-4-6-20-17-9-16(13-7-14(19)8-13)21-18(22-17)10-24-3/h9,13-14H,4-8,10,19H2,1-3H3,(H,20,21,22). The van der Waals surface area contributed by atoms with Gasteiger partial charge < -0.3 is 20.3 Å². The molecular formula is C18H27N5O2. The van der Waals surface area contributed by atoms with Gasteiger partial charge in [-0.1, -0.05) is 5.16 Å². The number of hydrogen-bond acceptors (Lipinski definition) is 7. The molecule has 0 spiro atoms. The monoisotopic (exact) mass is 345 g/mol. The molecule has 0 amide bonds. The van der Waals surface area contributed by atoms with Gasteiger partial charge in [-0.25, -0.2) is 9.97 Å². The summed E-state index contributed by atoms with van der Waals surface area (Å²) in [5.41, 5.74) is 9.16. The Bertz CT molecular complexity index is 690. The number of anilines is 1. The van der Waals surface area contributed by atoms with Crippen molar-refractivity contribution in [2.24, 2.45) is 5.73 Å². The molecule has 0 atom stereocenters. The fourth-order valence-corrected chi connectivity index (χ4v) is 3.25. The molecule has 1 aliphatic rings. The largest absolute Gasteiger partial charge is 0.377 e. The molecule has 25 heavy (non-hydrogen) atoms.